The summed E-state index contributed by atoms with van der Waals surface area (Å²) in [6.07, 6.45) is 4.64. The number of hydrogen-bond acceptors (Lipinski definition) is 4. The Hall–Kier alpha value is -2.94. The van der Waals surface area contributed by atoms with Crippen LogP contribution in [0, 0.1) is 5.82 Å². The molecule has 29 heavy (non-hydrogen) atoms. The number of epoxide rings is 1. The third-order valence-electron chi connectivity index (χ3n) is 4.17. The zero-order valence-electron chi connectivity index (χ0n) is 14.5. The van der Waals surface area contributed by atoms with E-state index in [0.717, 1.165) is 5.56 Å². The van der Waals surface area contributed by atoms with Crippen molar-refractivity contribution in [3.05, 3.63) is 88.2 Å². The normalized spacial score (nSPS) is 19.8. The largest absolute Gasteiger partial charge is 0.473 e. The molecule has 2 atom stereocenters. The van der Waals surface area contributed by atoms with Gasteiger partial charge in [-0.3, -0.25) is 0 Å². The Kier molecular flexibility index (Phi) is 5.88. The quantitative estimate of drug-likeness (QED) is 0.473. The standard InChI is InChI=1S/C17H11Cl2FN2O.C2H2O4/c18-12-6-4-11(5-7-12)17(15-13(19)2-1-3-14(15)20)16(23-17)22-9-8-21-10-22;3-1(4)2(5)6/h1-10,16H;(H,3,4)(H,5,6). The summed E-state index contributed by atoms with van der Waals surface area (Å²) in [5.74, 6) is -4.06. The summed E-state index contributed by atoms with van der Waals surface area (Å²) in [5.41, 5.74) is 0.114. The molecular formula is C19H13Cl2FN2O5. The molecular weight excluding hydrogens is 426 g/mol. The van der Waals surface area contributed by atoms with Crippen molar-refractivity contribution in [3.63, 3.8) is 0 Å². The van der Waals surface area contributed by atoms with Crippen LogP contribution in [0.4, 0.5) is 4.39 Å². The van der Waals surface area contributed by atoms with Crippen molar-refractivity contribution >= 4 is 35.1 Å². The minimum absolute atomic E-state index is 0.322. The maximum absolute atomic E-state index is 14.6. The number of imidazole rings is 1. The maximum atomic E-state index is 14.6. The number of carboxylic acid groups (broad SMARTS) is 2. The van der Waals surface area contributed by atoms with Crippen molar-refractivity contribution in [1.29, 1.82) is 0 Å². The zero-order valence-corrected chi connectivity index (χ0v) is 16.0. The fraction of sp³-hybridized carbons (Fsp3) is 0.105. The minimum atomic E-state index is -1.82. The Balaban J connectivity index is 0.000000353. The number of hydrogen-bond donors (Lipinski definition) is 2. The molecule has 0 bridgehead atoms. The fourth-order valence-electron chi connectivity index (χ4n) is 2.91. The predicted octanol–water partition coefficient (Wildman–Crippen LogP) is 3.96. The molecule has 1 fully saturated rings. The topological polar surface area (TPSA) is 105 Å². The SMILES string of the molecule is Fc1cccc(Cl)c1C1(c2ccc(Cl)cc2)OC1n1ccnc1.O=C(O)C(=O)O. The van der Waals surface area contributed by atoms with E-state index in [2.05, 4.69) is 4.98 Å². The second-order valence-electron chi connectivity index (χ2n) is 5.93. The molecule has 1 aliphatic rings. The van der Waals surface area contributed by atoms with E-state index in [0.29, 0.717) is 15.6 Å². The van der Waals surface area contributed by atoms with Gasteiger partial charge in [-0.2, -0.15) is 0 Å². The van der Waals surface area contributed by atoms with Crippen LogP contribution in [0.5, 0.6) is 0 Å². The van der Waals surface area contributed by atoms with Crippen LogP contribution in [-0.2, 0) is 19.9 Å². The van der Waals surface area contributed by atoms with Crippen LogP contribution in [-0.4, -0.2) is 31.7 Å². The molecule has 0 saturated carbocycles. The van der Waals surface area contributed by atoms with Crippen LogP contribution in [0.1, 0.15) is 17.4 Å². The van der Waals surface area contributed by atoms with Crippen molar-refractivity contribution < 1.29 is 28.9 Å². The first-order chi connectivity index (χ1) is 13.8. The van der Waals surface area contributed by atoms with Crippen LogP contribution < -0.4 is 0 Å². The molecule has 2 heterocycles. The Morgan fingerprint density at radius 3 is 2.28 bits per heavy atom. The van der Waals surface area contributed by atoms with Gasteiger partial charge in [0.15, 0.2) is 11.8 Å². The van der Waals surface area contributed by atoms with E-state index >= 15 is 0 Å². The third-order valence-corrected chi connectivity index (χ3v) is 4.74. The molecule has 10 heteroatoms. The summed E-state index contributed by atoms with van der Waals surface area (Å²) in [6, 6.07) is 11.8. The molecule has 1 aliphatic heterocycles. The summed E-state index contributed by atoms with van der Waals surface area (Å²) < 4.78 is 22.3. The van der Waals surface area contributed by atoms with Crippen molar-refractivity contribution in [1.82, 2.24) is 9.55 Å². The zero-order chi connectivity index (χ0) is 21.2. The van der Waals surface area contributed by atoms with Gasteiger partial charge in [0.1, 0.15) is 5.82 Å². The summed E-state index contributed by atoms with van der Waals surface area (Å²) in [6.45, 7) is 0. The second kappa shape index (κ2) is 8.20. The van der Waals surface area contributed by atoms with Crippen molar-refractivity contribution in [3.8, 4) is 0 Å². The van der Waals surface area contributed by atoms with Gasteiger partial charge in [-0.05, 0) is 29.8 Å². The number of aliphatic carboxylic acids is 2. The van der Waals surface area contributed by atoms with Crippen LogP contribution in [0.25, 0.3) is 0 Å². The highest BCUT2D eigenvalue weighted by Gasteiger charge is 2.62. The van der Waals surface area contributed by atoms with Crippen LogP contribution in [0.2, 0.25) is 10.0 Å². The first-order valence-electron chi connectivity index (χ1n) is 8.09. The van der Waals surface area contributed by atoms with E-state index in [1.807, 2.05) is 12.1 Å². The number of halogens is 3. The van der Waals surface area contributed by atoms with Gasteiger partial charge in [0.25, 0.3) is 0 Å². The number of ether oxygens (including phenoxy) is 1. The molecule has 7 nitrogen and oxygen atoms in total. The third kappa shape index (κ3) is 4.09. The fourth-order valence-corrected chi connectivity index (χ4v) is 3.34. The first-order valence-corrected chi connectivity index (χ1v) is 8.85. The lowest BCUT2D eigenvalue weighted by atomic mass is 9.89. The molecule has 1 saturated heterocycles. The number of benzene rings is 2. The Morgan fingerprint density at radius 2 is 1.76 bits per heavy atom. The van der Waals surface area contributed by atoms with E-state index in [-0.39, 0.29) is 0 Å². The molecule has 3 aromatic rings. The molecule has 0 amide bonds. The highest BCUT2D eigenvalue weighted by atomic mass is 35.5. The van der Waals surface area contributed by atoms with Gasteiger partial charge in [-0.15, -0.1) is 0 Å². The molecule has 2 N–H and O–H groups in total. The lowest BCUT2D eigenvalue weighted by molar-refractivity contribution is -0.159. The Morgan fingerprint density at radius 1 is 1.10 bits per heavy atom. The highest BCUT2D eigenvalue weighted by Crippen LogP contribution is 2.60. The molecule has 2 unspecified atom stereocenters. The molecule has 1 aromatic heterocycles. The van der Waals surface area contributed by atoms with Crippen molar-refractivity contribution in [2.45, 2.75) is 11.8 Å². The van der Waals surface area contributed by atoms with Crippen LogP contribution in [0.15, 0.2) is 61.2 Å². The van der Waals surface area contributed by atoms with E-state index in [9.17, 15) is 4.39 Å². The monoisotopic (exact) mass is 438 g/mol. The lowest BCUT2D eigenvalue weighted by Crippen LogP contribution is -2.17. The van der Waals surface area contributed by atoms with Gasteiger partial charge in [0.05, 0.1) is 11.3 Å². The summed E-state index contributed by atoms with van der Waals surface area (Å²) in [4.78, 5) is 22.2. The van der Waals surface area contributed by atoms with E-state index in [4.69, 9.17) is 47.7 Å². The Labute approximate surface area is 173 Å². The smallest absolute Gasteiger partial charge is 0.414 e. The lowest BCUT2D eigenvalue weighted by Gasteiger charge is -2.17. The summed E-state index contributed by atoms with van der Waals surface area (Å²) >= 11 is 12.3. The van der Waals surface area contributed by atoms with Crippen LogP contribution >= 0.6 is 23.2 Å². The van der Waals surface area contributed by atoms with Gasteiger partial charge in [0.2, 0.25) is 0 Å². The van der Waals surface area contributed by atoms with Gasteiger partial charge < -0.3 is 19.5 Å². The van der Waals surface area contributed by atoms with Crippen molar-refractivity contribution in [2.24, 2.45) is 0 Å². The number of nitrogens with zero attached hydrogens (tertiary/aromatic N) is 2. The predicted molar refractivity (Wildman–Crippen MR) is 101 cm³/mol. The van der Waals surface area contributed by atoms with Crippen LogP contribution in [0.3, 0.4) is 0 Å². The molecule has 0 spiro atoms. The number of carboxylic acids is 2. The van der Waals surface area contributed by atoms with E-state index < -0.39 is 29.6 Å². The number of aromatic nitrogens is 2. The summed E-state index contributed by atoms with van der Waals surface area (Å²) in [7, 11) is 0. The van der Waals surface area contributed by atoms with E-state index in [1.54, 1.807) is 47.6 Å². The van der Waals surface area contributed by atoms with Gasteiger partial charge in [-0.25, -0.2) is 19.0 Å². The molecule has 0 aliphatic carbocycles. The molecule has 150 valence electrons. The summed E-state index contributed by atoms with van der Waals surface area (Å²) in [5, 5.41) is 15.7. The molecule has 2 aromatic carbocycles. The van der Waals surface area contributed by atoms with Gasteiger partial charge >= 0.3 is 11.9 Å². The van der Waals surface area contributed by atoms with E-state index in [1.165, 1.54) is 6.07 Å². The van der Waals surface area contributed by atoms with Crippen molar-refractivity contribution in [2.75, 3.05) is 0 Å². The minimum Gasteiger partial charge on any atom is -0.473 e. The number of carbonyl (C=O) groups is 2. The highest BCUT2D eigenvalue weighted by molar-refractivity contribution is 6.31. The average molecular weight is 439 g/mol. The number of rotatable bonds is 3. The Bertz CT molecular complexity index is 1010. The maximum Gasteiger partial charge on any atom is 0.414 e. The van der Waals surface area contributed by atoms with Gasteiger partial charge in [-0.1, -0.05) is 41.4 Å². The first kappa shape index (κ1) is 20.8. The average Bonchev–Trinajstić information content (AvgIpc) is 3.16. The van der Waals surface area contributed by atoms with Gasteiger partial charge in [0, 0.05) is 23.0 Å². The second-order valence-corrected chi connectivity index (χ2v) is 6.77. The molecule has 0 radical (unpaired) electrons. The molecule has 4 rings (SSSR count).